The monoisotopic (exact) mass is 178 g/mol. The van der Waals surface area contributed by atoms with Crippen LogP contribution in [0.5, 0.6) is 0 Å². The highest BCUT2D eigenvalue weighted by Gasteiger charge is 2.22. The lowest BCUT2D eigenvalue weighted by molar-refractivity contribution is 0.480. The van der Waals surface area contributed by atoms with Crippen LogP contribution in [0.1, 0.15) is 39.0 Å². The molecule has 0 heterocycles. The van der Waals surface area contributed by atoms with E-state index in [1.807, 2.05) is 0 Å². The number of rotatable bonds is 6. The highest BCUT2D eigenvalue weighted by atomic mass is 31.1. The van der Waals surface area contributed by atoms with Crippen LogP contribution in [0.25, 0.3) is 0 Å². The zero-order chi connectivity index (χ0) is 8.69. The van der Waals surface area contributed by atoms with Gasteiger partial charge in [-0.2, -0.15) is 4.89 Å². The van der Waals surface area contributed by atoms with Gasteiger partial charge >= 0.3 is 8.03 Å². The Kier molecular flexibility index (Phi) is 6.73. The molecule has 3 N–H and O–H groups in total. The Bertz CT molecular complexity index is 119. The summed E-state index contributed by atoms with van der Waals surface area (Å²) in [5.74, 6) is -0.512. The van der Waals surface area contributed by atoms with E-state index in [0.29, 0.717) is 6.42 Å². The third-order valence-electron chi connectivity index (χ3n) is 1.64. The second kappa shape index (κ2) is 6.71. The molecule has 4 heteroatoms. The lowest BCUT2D eigenvalue weighted by Gasteiger charge is -1.97. The van der Waals surface area contributed by atoms with E-state index in [1.54, 1.807) is 0 Å². The summed E-state index contributed by atoms with van der Waals surface area (Å²) in [5, 5.41) is 0. The van der Waals surface area contributed by atoms with Gasteiger partial charge in [0.05, 0.1) is 0 Å². The summed E-state index contributed by atoms with van der Waals surface area (Å²) in [6.07, 6.45) is 5.13. The van der Waals surface area contributed by atoms with E-state index in [9.17, 15) is 4.57 Å². The molecule has 2 unspecified atom stereocenters. The van der Waals surface area contributed by atoms with Gasteiger partial charge in [-0.25, -0.2) is 0 Å². The summed E-state index contributed by atoms with van der Waals surface area (Å²) in [4.78, 5) is 8.56. The molecule has 3 nitrogen and oxygen atoms in total. The van der Waals surface area contributed by atoms with Crippen LogP contribution in [-0.2, 0) is 4.57 Å². The zero-order valence-corrected chi connectivity index (χ0v) is 7.89. The van der Waals surface area contributed by atoms with Crippen LogP contribution in [-0.4, -0.2) is 10.7 Å². The number of unbranched alkanes of at least 4 members (excludes halogenated alkanes) is 3. The van der Waals surface area contributed by atoms with Crippen molar-refractivity contribution in [3.8, 4) is 0 Å². The Morgan fingerprint density at radius 3 is 2.55 bits per heavy atom. The first-order valence-electron chi connectivity index (χ1n) is 4.09. The molecule has 0 saturated heterocycles. The van der Waals surface area contributed by atoms with Gasteiger partial charge in [-0.1, -0.05) is 26.2 Å². The van der Waals surface area contributed by atoms with E-state index in [1.165, 1.54) is 12.8 Å². The van der Waals surface area contributed by atoms with Crippen molar-refractivity contribution in [3.63, 3.8) is 0 Å². The van der Waals surface area contributed by atoms with E-state index in [-0.39, 0.29) is 0 Å². The molecule has 0 aliphatic heterocycles. The van der Waals surface area contributed by atoms with Crippen molar-refractivity contribution < 1.29 is 9.46 Å². The van der Waals surface area contributed by atoms with E-state index >= 15 is 0 Å². The normalized spacial score (nSPS) is 14.6. The van der Waals surface area contributed by atoms with Gasteiger partial charge in [-0.05, 0) is 11.0 Å². The van der Waals surface area contributed by atoms with Gasteiger partial charge in [-0.3, -0.25) is 5.73 Å². The Morgan fingerprint density at radius 2 is 2.09 bits per heavy atom. The molecule has 2 atom stereocenters. The topological polar surface area (TPSA) is 63.3 Å². The number of hydrogen-bond donors (Lipinski definition) is 2. The summed E-state index contributed by atoms with van der Waals surface area (Å²) in [6, 6.07) is 0. The quantitative estimate of drug-likeness (QED) is 0.482. The molecule has 66 valence electrons. The molecular formula is C7H17NO2P+. The summed E-state index contributed by atoms with van der Waals surface area (Å²) >= 11 is 0. The van der Waals surface area contributed by atoms with Gasteiger partial charge in [0.15, 0.2) is 0 Å². The van der Waals surface area contributed by atoms with Gasteiger partial charge in [0.25, 0.3) is 0 Å². The minimum absolute atomic E-state index is 0.512. The predicted octanol–water partition coefficient (Wildman–Crippen LogP) is 1.98. The van der Waals surface area contributed by atoms with Crippen molar-refractivity contribution in [2.75, 3.05) is 0 Å². The molecule has 0 amide bonds. The molecular weight excluding hydrogens is 161 g/mol. The second-order valence-electron chi connectivity index (χ2n) is 2.72. The molecule has 0 radical (unpaired) electrons. The molecule has 11 heavy (non-hydrogen) atoms. The standard InChI is InChI=1S/C7H16NO2P/c1-2-3-4-5-6-7(8)11(9)10/h7H,2-6,8H2,1H3/p+1. The van der Waals surface area contributed by atoms with Gasteiger partial charge in [0, 0.05) is 6.42 Å². The predicted molar refractivity (Wildman–Crippen MR) is 46.6 cm³/mol. The lowest BCUT2D eigenvalue weighted by Crippen LogP contribution is -2.14. The average molecular weight is 178 g/mol. The maximum atomic E-state index is 10.4. The summed E-state index contributed by atoms with van der Waals surface area (Å²) in [7, 11) is -2.15. The molecule has 0 bridgehead atoms. The third kappa shape index (κ3) is 6.42. The smallest absolute Gasteiger partial charge is 0.285 e. The van der Waals surface area contributed by atoms with Crippen molar-refractivity contribution in [3.05, 3.63) is 0 Å². The van der Waals surface area contributed by atoms with E-state index < -0.39 is 13.8 Å². The highest BCUT2D eigenvalue weighted by Crippen LogP contribution is 2.22. The Hall–Kier alpha value is 0.0200. The summed E-state index contributed by atoms with van der Waals surface area (Å²) in [5.41, 5.74) is 5.37. The van der Waals surface area contributed by atoms with E-state index in [4.69, 9.17) is 10.6 Å². The summed E-state index contributed by atoms with van der Waals surface area (Å²) in [6.45, 7) is 2.13. The second-order valence-corrected chi connectivity index (χ2v) is 3.99. The maximum absolute atomic E-state index is 10.4. The van der Waals surface area contributed by atoms with Crippen LogP contribution in [0, 0.1) is 0 Å². The van der Waals surface area contributed by atoms with Crippen molar-refractivity contribution in [2.24, 2.45) is 5.73 Å². The highest BCUT2D eigenvalue weighted by molar-refractivity contribution is 7.38. The molecule has 0 aliphatic carbocycles. The fourth-order valence-corrected chi connectivity index (χ4v) is 1.29. The zero-order valence-electron chi connectivity index (χ0n) is 6.99. The maximum Gasteiger partial charge on any atom is 0.524 e. The lowest BCUT2D eigenvalue weighted by atomic mass is 10.1. The SMILES string of the molecule is CCCCCCC(N)[P+](=O)O. The first-order chi connectivity index (χ1) is 5.18. The molecule has 0 fully saturated rings. The Balaban J connectivity index is 3.17. The van der Waals surface area contributed by atoms with Crippen molar-refractivity contribution in [1.82, 2.24) is 0 Å². The van der Waals surface area contributed by atoms with Crippen LogP contribution in [0.15, 0.2) is 0 Å². The van der Waals surface area contributed by atoms with Crippen molar-refractivity contribution in [1.29, 1.82) is 0 Å². The molecule has 0 aromatic rings. The molecule has 0 aromatic carbocycles. The molecule has 0 aliphatic rings. The average Bonchev–Trinajstić information content (AvgIpc) is 1.97. The first kappa shape index (κ1) is 11.0. The van der Waals surface area contributed by atoms with Crippen LogP contribution in [0.2, 0.25) is 0 Å². The van der Waals surface area contributed by atoms with Crippen LogP contribution in [0.4, 0.5) is 0 Å². The van der Waals surface area contributed by atoms with Crippen molar-refractivity contribution in [2.45, 2.75) is 44.8 Å². The molecule has 0 spiro atoms. The van der Waals surface area contributed by atoms with Crippen LogP contribution in [0.3, 0.4) is 0 Å². The Morgan fingerprint density at radius 1 is 1.45 bits per heavy atom. The van der Waals surface area contributed by atoms with Crippen LogP contribution >= 0.6 is 8.03 Å². The van der Waals surface area contributed by atoms with Gasteiger partial charge in [0.1, 0.15) is 0 Å². The number of hydrogen-bond acceptors (Lipinski definition) is 2. The van der Waals surface area contributed by atoms with Crippen LogP contribution < -0.4 is 5.73 Å². The van der Waals surface area contributed by atoms with E-state index in [2.05, 4.69) is 6.92 Å². The largest absolute Gasteiger partial charge is 0.524 e. The van der Waals surface area contributed by atoms with E-state index in [0.717, 1.165) is 12.8 Å². The minimum atomic E-state index is -2.15. The fourth-order valence-electron chi connectivity index (χ4n) is 0.891. The van der Waals surface area contributed by atoms with Crippen molar-refractivity contribution >= 4 is 8.03 Å². The minimum Gasteiger partial charge on any atom is -0.285 e. The molecule has 0 rings (SSSR count). The van der Waals surface area contributed by atoms with Gasteiger partial charge < -0.3 is 0 Å². The summed E-state index contributed by atoms with van der Waals surface area (Å²) < 4.78 is 10.4. The first-order valence-corrected chi connectivity index (χ1v) is 5.37. The number of nitrogens with two attached hydrogens (primary N) is 1. The molecule has 0 saturated carbocycles. The third-order valence-corrected chi connectivity index (χ3v) is 2.46. The van der Waals surface area contributed by atoms with Gasteiger partial charge in [-0.15, -0.1) is 0 Å². The Labute approximate surface area is 68.9 Å². The van der Waals surface area contributed by atoms with Gasteiger partial charge in [0.2, 0.25) is 5.78 Å². The fraction of sp³-hybridized carbons (Fsp3) is 1.00. The molecule has 0 aromatic heterocycles.